The average Bonchev–Trinajstić information content (AvgIpc) is 3.06. The fraction of sp³-hybridized carbons (Fsp3) is 0.174. The molecule has 0 spiro atoms. The molecule has 2 N–H and O–H groups in total. The zero-order chi connectivity index (χ0) is 22.5. The summed E-state index contributed by atoms with van der Waals surface area (Å²) >= 11 is 7.72. The van der Waals surface area contributed by atoms with E-state index in [-0.39, 0.29) is 23.7 Å². The first-order valence-electron chi connectivity index (χ1n) is 9.43. The number of rotatable bonds is 7. The summed E-state index contributed by atoms with van der Waals surface area (Å²) in [5.74, 6) is -1.14. The summed E-state index contributed by atoms with van der Waals surface area (Å²) in [6.07, 6.45) is -0.103. The van der Waals surface area contributed by atoms with E-state index < -0.39 is 5.97 Å². The third kappa shape index (κ3) is 5.37. The Bertz CT molecular complexity index is 1140. The molecular weight excluding hydrogens is 436 g/mol. The van der Waals surface area contributed by atoms with E-state index in [9.17, 15) is 14.4 Å². The summed E-state index contributed by atoms with van der Waals surface area (Å²) in [6, 6.07) is 14.9. The molecule has 31 heavy (non-hydrogen) atoms. The first kappa shape index (κ1) is 22.7. The topological polar surface area (TPSA) is 88.3 Å². The highest BCUT2D eigenvalue weighted by atomic mass is 35.5. The summed E-state index contributed by atoms with van der Waals surface area (Å²) in [4.78, 5) is 41.3. The first-order chi connectivity index (χ1) is 14.8. The molecule has 3 aromatic rings. The van der Waals surface area contributed by atoms with Gasteiger partial charge in [0, 0.05) is 28.1 Å². The number of hydrogen-bond donors (Lipinski definition) is 2. The molecule has 8 heteroatoms. The summed E-state index contributed by atoms with van der Waals surface area (Å²) in [5, 5.41) is 3.48. The number of amides is 1. The van der Waals surface area contributed by atoms with Gasteiger partial charge in [-0.2, -0.15) is 0 Å². The van der Waals surface area contributed by atoms with Crippen molar-refractivity contribution in [3.63, 3.8) is 0 Å². The fourth-order valence-corrected chi connectivity index (χ4v) is 4.24. The van der Waals surface area contributed by atoms with Gasteiger partial charge in [0.1, 0.15) is 0 Å². The molecule has 1 aromatic heterocycles. The number of ketones is 1. The number of benzene rings is 2. The summed E-state index contributed by atoms with van der Waals surface area (Å²) in [7, 11) is 1.26. The number of methoxy groups -OCH3 is 1. The normalized spacial score (nSPS) is 10.6. The first-order valence-corrected chi connectivity index (χ1v) is 10.6. The highest BCUT2D eigenvalue weighted by Gasteiger charge is 2.24. The molecule has 0 saturated carbocycles. The summed E-state index contributed by atoms with van der Waals surface area (Å²) < 4.78 is 4.81. The molecule has 0 aliphatic rings. The molecule has 160 valence electrons. The van der Waals surface area contributed by atoms with Crippen LogP contribution >= 0.6 is 23.4 Å². The number of halogens is 1. The Balaban J connectivity index is 1.71. The number of hydrogen-bond acceptors (Lipinski definition) is 5. The summed E-state index contributed by atoms with van der Waals surface area (Å²) in [6.45, 7) is 3.04. The van der Waals surface area contributed by atoms with Crippen LogP contribution in [0.2, 0.25) is 5.02 Å². The van der Waals surface area contributed by atoms with Crippen LogP contribution in [0, 0.1) is 6.92 Å². The second-order valence-corrected chi connectivity index (χ2v) is 8.33. The Morgan fingerprint density at radius 3 is 2.39 bits per heavy atom. The van der Waals surface area contributed by atoms with Crippen molar-refractivity contribution in [2.75, 3.05) is 12.4 Å². The molecule has 0 unspecified atom stereocenters. The smallest absolute Gasteiger partial charge is 0.339 e. The molecule has 0 bridgehead atoms. The molecule has 0 aliphatic heterocycles. The van der Waals surface area contributed by atoms with Crippen molar-refractivity contribution in [1.29, 1.82) is 0 Å². The summed E-state index contributed by atoms with van der Waals surface area (Å²) in [5.41, 5.74) is 1.95. The van der Waals surface area contributed by atoms with E-state index in [4.69, 9.17) is 16.3 Å². The molecule has 1 amide bonds. The Morgan fingerprint density at radius 2 is 1.77 bits per heavy atom. The number of carbonyl (C=O) groups excluding carboxylic acids is 3. The van der Waals surface area contributed by atoms with Gasteiger partial charge in [-0.15, -0.1) is 0 Å². The van der Waals surface area contributed by atoms with Crippen LogP contribution in [0.4, 0.5) is 5.69 Å². The Labute approximate surface area is 189 Å². The maximum absolute atomic E-state index is 12.6. The Kier molecular flexibility index (Phi) is 7.20. The lowest BCUT2D eigenvalue weighted by Gasteiger charge is -2.08. The molecule has 0 radical (unpaired) electrons. The van der Waals surface area contributed by atoms with Gasteiger partial charge in [0.15, 0.2) is 5.78 Å². The molecule has 0 atom stereocenters. The highest BCUT2D eigenvalue weighted by molar-refractivity contribution is 7.99. The van der Waals surface area contributed by atoms with E-state index in [2.05, 4.69) is 10.3 Å². The maximum atomic E-state index is 12.6. The standard InChI is InChI=1S/C23H21ClN2O4S/c1-13-21(23(29)30-3)18(26-22(13)14(2)27)12-20(28)25-15-8-10-16(11-9-15)31-19-7-5-4-6-17(19)24/h4-11,26H,12H2,1-3H3,(H,25,28). The minimum atomic E-state index is -0.593. The van der Waals surface area contributed by atoms with Gasteiger partial charge in [-0.3, -0.25) is 9.59 Å². The van der Waals surface area contributed by atoms with Crippen molar-refractivity contribution >= 4 is 46.7 Å². The van der Waals surface area contributed by atoms with Crippen molar-refractivity contribution < 1.29 is 19.1 Å². The number of carbonyl (C=O) groups is 3. The zero-order valence-corrected chi connectivity index (χ0v) is 18.8. The van der Waals surface area contributed by atoms with E-state index in [1.165, 1.54) is 25.8 Å². The van der Waals surface area contributed by atoms with Gasteiger partial charge in [0.2, 0.25) is 5.91 Å². The van der Waals surface area contributed by atoms with Crippen LogP contribution in [0.25, 0.3) is 0 Å². The molecule has 6 nitrogen and oxygen atoms in total. The van der Waals surface area contributed by atoms with Gasteiger partial charge in [0.25, 0.3) is 0 Å². The lowest BCUT2D eigenvalue weighted by Crippen LogP contribution is -2.17. The van der Waals surface area contributed by atoms with Gasteiger partial charge in [-0.1, -0.05) is 35.5 Å². The van der Waals surface area contributed by atoms with Crippen LogP contribution in [-0.4, -0.2) is 29.8 Å². The number of anilines is 1. The van der Waals surface area contributed by atoms with Crippen LogP contribution in [0.1, 0.15) is 39.0 Å². The predicted octanol–water partition coefficient (Wildman–Crippen LogP) is 5.30. The van der Waals surface area contributed by atoms with E-state index in [1.807, 2.05) is 36.4 Å². The van der Waals surface area contributed by atoms with Gasteiger partial charge in [-0.25, -0.2) is 4.79 Å². The molecule has 2 aromatic carbocycles. The van der Waals surface area contributed by atoms with Crippen molar-refractivity contribution in [2.24, 2.45) is 0 Å². The minimum Gasteiger partial charge on any atom is -0.465 e. The van der Waals surface area contributed by atoms with E-state index >= 15 is 0 Å². The number of Topliss-reactive ketones (excluding diaryl/α,β-unsaturated/α-hetero) is 1. The largest absolute Gasteiger partial charge is 0.465 e. The van der Waals surface area contributed by atoms with E-state index in [0.29, 0.717) is 27.7 Å². The minimum absolute atomic E-state index is 0.103. The number of aromatic nitrogens is 1. The van der Waals surface area contributed by atoms with Gasteiger partial charge in [0.05, 0.1) is 29.8 Å². The van der Waals surface area contributed by atoms with Crippen LogP contribution in [-0.2, 0) is 16.0 Å². The monoisotopic (exact) mass is 456 g/mol. The van der Waals surface area contributed by atoms with Crippen molar-refractivity contribution in [2.45, 2.75) is 30.1 Å². The van der Waals surface area contributed by atoms with Crippen LogP contribution in [0.3, 0.4) is 0 Å². The van der Waals surface area contributed by atoms with Gasteiger partial charge in [-0.05, 0) is 48.9 Å². The maximum Gasteiger partial charge on any atom is 0.339 e. The quantitative estimate of drug-likeness (QED) is 0.372. The highest BCUT2D eigenvalue weighted by Crippen LogP contribution is 2.33. The Hall–Kier alpha value is -3.03. The lowest BCUT2D eigenvalue weighted by molar-refractivity contribution is -0.115. The predicted molar refractivity (Wildman–Crippen MR) is 121 cm³/mol. The molecule has 0 fully saturated rings. The van der Waals surface area contributed by atoms with Crippen molar-refractivity contribution in [3.8, 4) is 0 Å². The SMILES string of the molecule is COC(=O)c1c(CC(=O)Nc2ccc(Sc3ccccc3Cl)cc2)[nH]c(C(C)=O)c1C. The molecular formula is C23H21ClN2O4S. The van der Waals surface area contributed by atoms with Crippen molar-refractivity contribution in [1.82, 2.24) is 4.98 Å². The third-order valence-electron chi connectivity index (χ3n) is 4.61. The Morgan fingerprint density at radius 1 is 1.10 bits per heavy atom. The second kappa shape index (κ2) is 9.85. The second-order valence-electron chi connectivity index (χ2n) is 6.81. The number of nitrogens with one attached hydrogen (secondary N) is 2. The molecule has 3 rings (SSSR count). The van der Waals surface area contributed by atoms with Gasteiger partial charge >= 0.3 is 5.97 Å². The fourth-order valence-electron chi connectivity index (χ4n) is 3.15. The van der Waals surface area contributed by atoms with Gasteiger partial charge < -0.3 is 15.0 Å². The average molecular weight is 457 g/mol. The number of aromatic amines is 1. The zero-order valence-electron chi connectivity index (χ0n) is 17.2. The van der Waals surface area contributed by atoms with Crippen molar-refractivity contribution in [3.05, 3.63) is 76.1 Å². The van der Waals surface area contributed by atoms with Crippen LogP contribution < -0.4 is 5.32 Å². The molecule has 1 heterocycles. The van der Waals surface area contributed by atoms with E-state index in [1.54, 1.807) is 19.1 Å². The number of esters is 1. The van der Waals surface area contributed by atoms with Crippen LogP contribution in [0.5, 0.6) is 0 Å². The molecule has 0 saturated heterocycles. The number of ether oxygens (including phenoxy) is 1. The lowest BCUT2D eigenvalue weighted by atomic mass is 10.1. The van der Waals surface area contributed by atoms with E-state index in [0.717, 1.165) is 9.79 Å². The molecule has 0 aliphatic carbocycles. The number of H-pyrrole nitrogens is 1. The van der Waals surface area contributed by atoms with Crippen LogP contribution in [0.15, 0.2) is 58.3 Å². The third-order valence-corrected chi connectivity index (χ3v) is 6.13.